The fraction of sp³-hybridized carbons (Fsp3) is 0.222. The molecule has 0 unspecified atom stereocenters. The summed E-state index contributed by atoms with van der Waals surface area (Å²) in [5, 5.41) is 3.54. The molecule has 0 saturated heterocycles. The molecule has 4 nitrogen and oxygen atoms in total. The predicted octanol–water partition coefficient (Wildman–Crippen LogP) is 5.16. The van der Waals surface area contributed by atoms with Gasteiger partial charge in [-0.2, -0.15) is 0 Å². The van der Waals surface area contributed by atoms with Crippen molar-refractivity contribution < 1.29 is 22.7 Å². The molecule has 0 spiro atoms. The number of fused-ring (bicyclic) bond motifs is 1. The van der Waals surface area contributed by atoms with Crippen molar-refractivity contribution in [1.82, 2.24) is 4.98 Å². The number of halogens is 3. The Kier molecular flexibility index (Phi) is 5.41. The third-order valence-corrected chi connectivity index (χ3v) is 4.58. The molecule has 1 aromatic heterocycles. The minimum Gasteiger partial charge on any atom is -0.406 e. The molecular weight excluding hydrogens is 365 g/mol. The number of hydrogen-bond donors (Lipinski definition) is 1. The van der Waals surface area contributed by atoms with Gasteiger partial charge < -0.3 is 10.1 Å². The van der Waals surface area contributed by atoms with Gasteiger partial charge in [0.1, 0.15) is 5.75 Å². The van der Waals surface area contributed by atoms with Crippen molar-refractivity contribution in [2.75, 3.05) is 5.32 Å². The van der Waals surface area contributed by atoms with Gasteiger partial charge >= 0.3 is 6.36 Å². The highest BCUT2D eigenvalue weighted by Gasteiger charge is 2.31. The van der Waals surface area contributed by atoms with Crippen LogP contribution < -0.4 is 10.1 Å². The van der Waals surface area contributed by atoms with Crippen LogP contribution in [0.4, 0.5) is 18.9 Å². The average molecular weight is 380 g/mol. The van der Waals surface area contributed by atoms with Gasteiger partial charge in [-0.15, -0.1) is 24.5 Å². The van der Waals surface area contributed by atoms with Gasteiger partial charge in [0.2, 0.25) is 5.91 Å². The van der Waals surface area contributed by atoms with Crippen LogP contribution in [0.3, 0.4) is 0 Å². The number of para-hydroxylation sites is 1. The minimum atomic E-state index is -4.76. The lowest BCUT2D eigenvalue weighted by atomic mass is 10.2. The van der Waals surface area contributed by atoms with Gasteiger partial charge in [-0.05, 0) is 37.1 Å². The number of hydrogen-bond acceptors (Lipinski definition) is 4. The van der Waals surface area contributed by atoms with Crippen molar-refractivity contribution >= 4 is 33.1 Å². The number of nitrogens with zero attached hydrogens (tertiary/aromatic N) is 1. The zero-order valence-electron chi connectivity index (χ0n) is 13.5. The van der Waals surface area contributed by atoms with E-state index in [1.165, 1.54) is 18.2 Å². The standard InChI is InChI=1S/C18H15F3N2O2S/c19-18(20,21)25-13-6-3-5-12(11-13)22-16(24)9-4-10-17-23-14-7-1-2-8-15(14)26-17/h1-3,5-8,11H,4,9-10H2,(H,22,24). The average Bonchev–Trinajstić information content (AvgIpc) is 2.96. The molecule has 0 saturated carbocycles. The van der Waals surface area contributed by atoms with Crippen molar-refractivity contribution in [2.24, 2.45) is 0 Å². The Bertz CT molecular complexity index is 876. The van der Waals surface area contributed by atoms with Crippen LogP contribution in [0.2, 0.25) is 0 Å². The normalized spacial score (nSPS) is 11.5. The number of carbonyl (C=O) groups is 1. The van der Waals surface area contributed by atoms with Crippen LogP contribution in [-0.4, -0.2) is 17.3 Å². The Balaban J connectivity index is 1.50. The second-order valence-corrected chi connectivity index (χ2v) is 6.67. The molecule has 0 fully saturated rings. The van der Waals surface area contributed by atoms with E-state index in [4.69, 9.17) is 0 Å². The summed E-state index contributed by atoms with van der Waals surface area (Å²) in [7, 11) is 0. The van der Waals surface area contributed by atoms with E-state index in [9.17, 15) is 18.0 Å². The number of aromatic nitrogens is 1. The number of alkyl halides is 3. The van der Waals surface area contributed by atoms with E-state index < -0.39 is 6.36 Å². The number of anilines is 1. The predicted molar refractivity (Wildman–Crippen MR) is 94.3 cm³/mol. The van der Waals surface area contributed by atoms with Gasteiger partial charge in [0.25, 0.3) is 0 Å². The maximum atomic E-state index is 12.2. The lowest BCUT2D eigenvalue weighted by Gasteiger charge is -2.10. The molecule has 0 aliphatic carbocycles. The van der Waals surface area contributed by atoms with E-state index in [-0.39, 0.29) is 23.8 Å². The molecule has 8 heteroatoms. The molecule has 1 amide bonds. The Labute approximate surface area is 151 Å². The SMILES string of the molecule is O=C(CCCc1nc2ccccc2s1)Nc1cccc(OC(F)(F)F)c1. The summed E-state index contributed by atoms with van der Waals surface area (Å²) in [6.07, 6.45) is -3.24. The first-order chi connectivity index (χ1) is 12.4. The molecule has 2 aromatic carbocycles. The number of nitrogens with one attached hydrogen (secondary N) is 1. The van der Waals surface area contributed by atoms with Crippen LogP contribution in [0.1, 0.15) is 17.8 Å². The summed E-state index contributed by atoms with van der Waals surface area (Å²) in [5.74, 6) is -0.639. The van der Waals surface area contributed by atoms with E-state index >= 15 is 0 Å². The summed E-state index contributed by atoms with van der Waals surface area (Å²) >= 11 is 1.59. The quantitative estimate of drug-likeness (QED) is 0.643. The van der Waals surface area contributed by atoms with Crippen LogP contribution >= 0.6 is 11.3 Å². The van der Waals surface area contributed by atoms with Gasteiger partial charge in [-0.1, -0.05) is 18.2 Å². The molecule has 136 valence electrons. The molecule has 1 N–H and O–H groups in total. The molecule has 3 aromatic rings. The molecule has 0 aliphatic rings. The molecule has 0 radical (unpaired) electrons. The van der Waals surface area contributed by atoms with Crippen LogP contribution in [0, 0.1) is 0 Å². The summed E-state index contributed by atoms with van der Waals surface area (Å²) in [5.41, 5.74) is 1.20. The molecule has 0 atom stereocenters. The first-order valence-corrected chi connectivity index (χ1v) is 8.71. The Hall–Kier alpha value is -2.61. The third kappa shape index (κ3) is 5.19. The van der Waals surface area contributed by atoms with Gasteiger partial charge in [0, 0.05) is 18.2 Å². The maximum Gasteiger partial charge on any atom is 0.573 e. The lowest BCUT2D eigenvalue weighted by Crippen LogP contribution is -2.17. The lowest BCUT2D eigenvalue weighted by molar-refractivity contribution is -0.274. The zero-order valence-corrected chi connectivity index (χ0v) is 14.4. The molecule has 0 aliphatic heterocycles. The number of ether oxygens (including phenoxy) is 1. The largest absolute Gasteiger partial charge is 0.573 e. The topological polar surface area (TPSA) is 51.2 Å². The van der Waals surface area contributed by atoms with Crippen molar-refractivity contribution in [3.8, 4) is 5.75 Å². The Morgan fingerprint density at radius 1 is 1.15 bits per heavy atom. The van der Waals surface area contributed by atoms with Gasteiger partial charge in [-0.3, -0.25) is 4.79 Å². The molecule has 0 bridgehead atoms. The third-order valence-electron chi connectivity index (χ3n) is 3.48. The van der Waals surface area contributed by atoms with E-state index in [0.717, 1.165) is 21.3 Å². The van der Waals surface area contributed by atoms with Crippen molar-refractivity contribution in [2.45, 2.75) is 25.6 Å². The van der Waals surface area contributed by atoms with Crippen LogP contribution in [0.25, 0.3) is 10.2 Å². The van der Waals surface area contributed by atoms with Crippen molar-refractivity contribution in [3.63, 3.8) is 0 Å². The van der Waals surface area contributed by atoms with Gasteiger partial charge in [0.15, 0.2) is 0 Å². The number of amides is 1. The fourth-order valence-corrected chi connectivity index (χ4v) is 3.43. The highest BCUT2D eigenvalue weighted by atomic mass is 32.1. The summed E-state index contributed by atoms with van der Waals surface area (Å²) in [4.78, 5) is 16.5. The Morgan fingerprint density at radius 3 is 2.73 bits per heavy atom. The second-order valence-electron chi connectivity index (χ2n) is 5.55. The van der Waals surface area contributed by atoms with Gasteiger partial charge in [-0.25, -0.2) is 4.98 Å². The van der Waals surface area contributed by atoms with Gasteiger partial charge in [0.05, 0.1) is 15.2 Å². The molecule has 3 rings (SSSR count). The summed E-state index contributed by atoms with van der Waals surface area (Å²) in [6, 6.07) is 13.0. The van der Waals surface area contributed by atoms with Crippen molar-refractivity contribution in [1.29, 1.82) is 0 Å². The van der Waals surface area contributed by atoms with Crippen LogP contribution in [-0.2, 0) is 11.2 Å². The number of aryl methyl sites for hydroxylation is 1. The molecular formula is C18H15F3N2O2S. The van der Waals surface area contributed by atoms with E-state index in [2.05, 4.69) is 15.0 Å². The maximum absolute atomic E-state index is 12.2. The highest BCUT2D eigenvalue weighted by Crippen LogP contribution is 2.25. The van der Waals surface area contributed by atoms with Crippen LogP contribution in [0.15, 0.2) is 48.5 Å². The molecule has 26 heavy (non-hydrogen) atoms. The number of carbonyl (C=O) groups excluding carboxylic acids is 1. The first kappa shape index (κ1) is 18.2. The minimum absolute atomic E-state index is 0.250. The monoisotopic (exact) mass is 380 g/mol. The Morgan fingerprint density at radius 2 is 1.96 bits per heavy atom. The zero-order chi connectivity index (χ0) is 18.6. The number of benzene rings is 2. The molecule has 1 heterocycles. The fourth-order valence-electron chi connectivity index (χ4n) is 2.42. The van der Waals surface area contributed by atoms with E-state index in [1.807, 2.05) is 24.3 Å². The van der Waals surface area contributed by atoms with Crippen molar-refractivity contribution in [3.05, 3.63) is 53.5 Å². The van der Waals surface area contributed by atoms with Crippen LogP contribution in [0.5, 0.6) is 5.75 Å². The van der Waals surface area contributed by atoms with E-state index in [0.29, 0.717) is 12.8 Å². The highest BCUT2D eigenvalue weighted by molar-refractivity contribution is 7.18. The summed E-state index contributed by atoms with van der Waals surface area (Å²) < 4.78 is 41.6. The number of thiazole rings is 1. The first-order valence-electron chi connectivity index (χ1n) is 7.89. The smallest absolute Gasteiger partial charge is 0.406 e. The second kappa shape index (κ2) is 7.74. The summed E-state index contributed by atoms with van der Waals surface area (Å²) in [6.45, 7) is 0. The number of rotatable bonds is 6. The van der Waals surface area contributed by atoms with E-state index in [1.54, 1.807) is 11.3 Å².